The van der Waals surface area contributed by atoms with E-state index < -0.39 is 24.6 Å². The van der Waals surface area contributed by atoms with Crippen molar-refractivity contribution in [3.8, 4) is 5.75 Å². The van der Waals surface area contributed by atoms with Crippen LogP contribution in [0.3, 0.4) is 0 Å². The molecule has 3 aromatic rings. The Labute approximate surface area is 201 Å². The van der Waals surface area contributed by atoms with Crippen LogP contribution in [-0.4, -0.2) is 42.9 Å². The highest BCUT2D eigenvalue weighted by molar-refractivity contribution is 5.26. The van der Waals surface area contributed by atoms with Gasteiger partial charge in [0.25, 0.3) is 0 Å². The molecule has 180 valence electrons. The normalized spacial score (nSPS) is 24.6. The molecule has 5 atom stereocenters. The van der Waals surface area contributed by atoms with Crippen molar-refractivity contribution in [3.63, 3.8) is 0 Å². The van der Waals surface area contributed by atoms with Crippen molar-refractivity contribution in [1.29, 1.82) is 0 Å². The molecule has 0 bridgehead atoms. The lowest BCUT2D eigenvalue weighted by Gasteiger charge is -2.43. The average Bonchev–Trinajstić information content (AvgIpc) is 2.88. The zero-order valence-corrected chi connectivity index (χ0v) is 19.6. The summed E-state index contributed by atoms with van der Waals surface area (Å²) < 4.78 is 29.8. The van der Waals surface area contributed by atoms with Gasteiger partial charge in [0.15, 0.2) is 6.29 Å². The van der Waals surface area contributed by atoms with E-state index in [9.17, 15) is 5.11 Å². The van der Waals surface area contributed by atoms with Gasteiger partial charge in [0.2, 0.25) is 0 Å². The standard InChI is InChI=1S/C28H32O6/c1-20-25(31-17-21-9-5-3-6-10-21)26(32-18-22-11-7-4-8-12-22)27(28(29)34-20)33-19-23-13-15-24(30-2)16-14-23/h3-16,20,25-29H,17-19H2,1-2H3/t20-,25-,26+,27+,28+/m0/s1. The fourth-order valence-corrected chi connectivity index (χ4v) is 4.04. The molecule has 4 rings (SSSR count). The molecule has 6 nitrogen and oxygen atoms in total. The average molecular weight is 465 g/mol. The summed E-state index contributed by atoms with van der Waals surface area (Å²) in [4.78, 5) is 0. The molecule has 1 fully saturated rings. The first kappa shape index (κ1) is 24.4. The van der Waals surface area contributed by atoms with Crippen molar-refractivity contribution >= 4 is 0 Å². The lowest BCUT2D eigenvalue weighted by Crippen LogP contribution is -2.59. The minimum absolute atomic E-state index is 0.292. The molecule has 1 saturated heterocycles. The van der Waals surface area contributed by atoms with E-state index in [0.717, 1.165) is 22.4 Å². The number of benzene rings is 3. The van der Waals surface area contributed by atoms with Gasteiger partial charge in [-0.15, -0.1) is 0 Å². The van der Waals surface area contributed by atoms with Crippen LogP contribution in [0, 0.1) is 0 Å². The maximum absolute atomic E-state index is 10.8. The molecule has 6 heteroatoms. The van der Waals surface area contributed by atoms with Crippen LogP contribution in [0.1, 0.15) is 23.6 Å². The number of rotatable bonds is 10. The van der Waals surface area contributed by atoms with Gasteiger partial charge in [-0.3, -0.25) is 0 Å². The molecule has 0 spiro atoms. The van der Waals surface area contributed by atoms with Crippen molar-refractivity contribution in [2.24, 2.45) is 0 Å². The lowest BCUT2D eigenvalue weighted by molar-refractivity contribution is -0.308. The van der Waals surface area contributed by atoms with Crippen LogP contribution in [0.25, 0.3) is 0 Å². The van der Waals surface area contributed by atoms with Crippen LogP contribution in [-0.2, 0) is 38.8 Å². The van der Waals surface area contributed by atoms with Gasteiger partial charge in [-0.05, 0) is 35.7 Å². The topological polar surface area (TPSA) is 66.4 Å². The van der Waals surface area contributed by atoms with Crippen LogP contribution in [0.4, 0.5) is 0 Å². The second-order valence-corrected chi connectivity index (χ2v) is 8.38. The number of ether oxygens (including phenoxy) is 5. The molecular weight excluding hydrogens is 432 g/mol. The molecule has 1 N–H and O–H groups in total. The third-order valence-corrected chi connectivity index (χ3v) is 5.92. The van der Waals surface area contributed by atoms with E-state index in [2.05, 4.69) is 0 Å². The molecule has 0 aliphatic carbocycles. The summed E-state index contributed by atoms with van der Waals surface area (Å²) in [6.45, 7) is 2.96. The van der Waals surface area contributed by atoms with E-state index in [0.29, 0.717) is 19.8 Å². The maximum atomic E-state index is 10.8. The van der Waals surface area contributed by atoms with Crippen molar-refractivity contribution in [2.45, 2.75) is 57.5 Å². The van der Waals surface area contributed by atoms with Gasteiger partial charge in [-0.2, -0.15) is 0 Å². The minimum atomic E-state index is -1.13. The smallest absolute Gasteiger partial charge is 0.184 e. The Balaban J connectivity index is 1.49. The largest absolute Gasteiger partial charge is 0.497 e. The second-order valence-electron chi connectivity index (χ2n) is 8.38. The molecule has 1 heterocycles. The summed E-state index contributed by atoms with van der Waals surface area (Å²) in [5, 5.41) is 10.8. The Morgan fingerprint density at radius 3 is 1.65 bits per heavy atom. The van der Waals surface area contributed by atoms with Gasteiger partial charge in [0.1, 0.15) is 24.1 Å². The van der Waals surface area contributed by atoms with Gasteiger partial charge < -0.3 is 28.8 Å². The first-order valence-corrected chi connectivity index (χ1v) is 11.5. The summed E-state index contributed by atoms with van der Waals surface area (Å²) in [5.74, 6) is 0.775. The lowest BCUT2D eigenvalue weighted by atomic mass is 9.98. The molecule has 0 unspecified atom stereocenters. The Morgan fingerprint density at radius 2 is 1.12 bits per heavy atom. The van der Waals surface area contributed by atoms with Crippen molar-refractivity contribution in [1.82, 2.24) is 0 Å². The van der Waals surface area contributed by atoms with E-state index >= 15 is 0 Å². The Morgan fingerprint density at radius 1 is 0.647 bits per heavy atom. The molecule has 0 radical (unpaired) electrons. The number of hydrogen-bond donors (Lipinski definition) is 1. The van der Waals surface area contributed by atoms with Gasteiger partial charge in [-0.1, -0.05) is 72.8 Å². The van der Waals surface area contributed by atoms with Gasteiger partial charge in [0.05, 0.1) is 33.0 Å². The summed E-state index contributed by atoms with van der Waals surface area (Å²) in [5.41, 5.74) is 3.04. The van der Waals surface area contributed by atoms with E-state index in [4.69, 9.17) is 23.7 Å². The molecular formula is C28H32O6. The second kappa shape index (κ2) is 12.1. The molecule has 1 aliphatic rings. The molecule has 0 amide bonds. The van der Waals surface area contributed by atoms with Crippen LogP contribution in [0.5, 0.6) is 5.75 Å². The monoisotopic (exact) mass is 464 g/mol. The predicted octanol–water partition coefficient (Wildman–Crippen LogP) is 4.49. The fourth-order valence-electron chi connectivity index (χ4n) is 4.04. The first-order valence-electron chi connectivity index (χ1n) is 11.5. The Bertz CT molecular complexity index is 979. The van der Waals surface area contributed by atoms with Crippen molar-refractivity contribution < 1.29 is 28.8 Å². The number of aliphatic hydroxyl groups excluding tert-OH is 1. The fraction of sp³-hybridized carbons (Fsp3) is 0.357. The van der Waals surface area contributed by atoms with Crippen LogP contribution < -0.4 is 4.74 Å². The molecule has 3 aromatic carbocycles. The van der Waals surface area contributed by atoms with Crippen molar-refractivity contribution in [2.75, 3.05) is 7.11 Å². The summed E-state index contributed by atoms with van der Waals surface area (Å²) >= 11 is 0. The summed E-state index contributed by atoms with van der Waals surface area (Å²) in [6.07, 6.45) is -3.18. The zero-order valence-electron chi connectivity index (χ0n) is 19.6. The number of methoxy groups -OCH3 is 1. The van der Waals surface area contributed by atoms with Crippen molar-refractivity contribution in [3.05, 3.63) is 102 Å². The van der Waals surface area contributed by atoms with Crippen LogP contribution >= 0.6 is 0 Å². The predicted molar refractivity (Wildman–Crippen MR) is 128 cm³/mol. The SMILES string of the molecule is COc1ccc(CO[C@@H]2[C@H](OCc3ccccc3)[C@@H](OCc3ccccc3)[C@H](C)O[C@H]2O)cc1. The van der Waals surface area contributed by atoms with E-state index in [1.807, 2.05) is 91.9 Å². The molecule has 0 saturated carbocycles. The van der Waals surface area contributed by atoms with E-state index in [1.54, 1.807) is 7.11 Å². The Kier molecular flexibility index (Phi) is 8.68. The van der Waals surface area contributed by atoms with Crippen LogP contribution in [0.15, 0.2) is 84.9 Å². The first-order chi connectivity index (χ1) is 16.6. The van der Waals surface area contributed by atoms with Gasteiger partial charge >= 0.3 is 0 Å². The minimum Gasteiger partial charge on any atom is -0.497 e. The van der Waals surface area contributed by atoms with Crippen LogP contribution in [0.2, 0.25) is 0 Å². The zero-order chi connectivity index (χ0) is 23.8. The van der Waals surface area contributed by atoms with E-state index in [-0.39, 0.29) is 6.10 Å². The number of hydrogen-bond acceptors (Lipinski definition) is 6. The summed E-state index contributed by atoms with van der Waals surface area (Å²) in [7, 11) is 1.63. The third-order valence-electron chi connectivity index (χ3n) is 5.92. The van der Waals surface area contributed by atoms with Gasteiger partial charge in [-0.25, -0.2) is 0 Å². The molecule has 34 heavy (non-hydrogen) atoms. The summed E-state index contributed by atoms with van der Waals surface area (Å²) in [6, 6.07) is 27.5. The molecule has 0 aromatic heterocycles. The highest BCUT2D eigenvalue weighted by atomic mass is 16.7. The highest BCUT2D eigenvalue weighted by Crippen LogP contribution is 2.29. The quantitative estimate of drug-likeness (QED) is 0.477. The highest BCUT2D eigenvalue weighted by Gasteiger charge is 2.46. The third kappa shape index (κ3) is 6.44. The Hall–Kier alpha value is -2.74. The number of aliphatic hydroxyl groups is 1. The maximum Gasteiger partial charge on any atom is 0.184 e. The van der Waals surface area contributed by atoms with E-state index in [1.165, 1.54) is 0 Å². The van der Waals surface area contributed by atoms with Gasteiger partial charge in [0, 0.05) is 0 Å². The molecule has 1 aliphatic heterocycles.